The second-order valence-electron chi connectivity index (χ2n) is 6.31. The maximum atomic E-state index is 12.6. The molecule has 132 valence electrons. The summed E-state index contributed by atoms with van der Waals surface area (Å²) in [6.45, 7) is 2.00. The molecular formula is C23H18N2O2. The number of aryl methyl sites for hydroxylation is 1. The number of benzene rings is 2. The molecular weight excluding hydrogens is 336 g/mol. The van der Waals surface area contributed by atoms with E-state index in [9.17, 15) is 4.79 Å². The third-order valence-electron chi connectivity index (χ3n) is 4.40. The highest BCUT2D eigenvalue weighted by atomic mass is 16.5. The summed E-state index contributed by atoms with van der Waals surface area (Å²) in [6.07, 6.45) is 1.69. The molecule has 0 aliphatic carbocycles. The molecule has 0 unspecified atom stereocenters. The first-order valence-corrected chi connectivity index (χ1v) is 8.74. The van der Waals surface area contributed by atoms with Crippen molar-refractivity contribution in [3.63, 3.8) is 0 Å². The molecule has 2 heterocycles. The maximum Gasteiger partial charge on any atom is 0.340 e. The lowest BCUT2D eigenvalue weighted by atomic mass is 10.0. The van der Waals surface area contributed by atoms with Crippen molar-refractivity contribution in [2.75, 3.05) is 0 Å². The van der Waals surface area contributed by atoms with Gasteiger partial charge in [-0.3, -0.25) is 0 Å². The molecule has 2 aromatic carbocycles. The van der Waals surface area contributed by atoms with Crippen LogP contribution in [0.3, 0.4) is 0 Å². The lowest BCUT2D eigenvalue weighted by Crippen LogP contribution is -2.08. The van der Waals surface area contributed by atoms with Crippen LogP contribution in [0.25, 0.3) is 22.2 Å². The van der Waals surface area contributed by atoms with Gasteiger partial charge in [-0.15, -0.1) is 0 Å². The molecule has 4 nitrogen and oxygen atoms in total. The molecule has 0 amide bonds. The first kappa shape index (κ1) is 16.9. The summed E-state index contributed by atoms with van der Waals surface area (Å²) in [4.78, 5) is 21.2. The quantitative estimate of drug-likeness (QED) is 0.486. The van der Waals surface area contributed by atoms with Gasteiger partial charge in [0.15, 0.2) is 5.65 Å². The van der Waals surface area contributed by atoms with Crippen molar-refractivity contribution < 1.29 is 9.53 Å². The minimum absolute atomic E-state index is 0.212. The standard InChI is InChI=1S/C23H18N2O2/c1-16-21(14-20-11-6-12-24-22(20)25-16)23(26)27-15-17-7-5-10-19(13-17)18-8-3-2-4-9-18/h2-14H,15H2,1H3. The zero-order chi connectivity index (χ0) is 18.6. The molecule has 0 fully saturated rings. The number of ether oxygens (including phenoxy) is 1. The molecule has 0 aliphatic rings. The highest BCUT2D eigenvalue weighted by Crippen LogP contribution is 2.21. The van der Waals surface area contributed by atoms with Gasteiger partial charge in [0.05, 0.1) is 11.3 Å². The van der Waals surface area contributed by atoms with Crippen molar-refractivity contribution in [1.82, 2.24) is 9.97 Å². The van der Waals surface area contributed by atoms with Crippen LogP contribution in [-0.2, 0) is 11.3 Å². The monoisotopic (exact) mass is 354 g/mol. The summed E-state index contributed by atoms with van der Waals surface area (Å²) in [7, 11) is 0. The summed E-state index contributed by atoms with van der Waals surface area (Å²) < 4.78 is 5.54. The lowest BCUT2D eigenvalue weighted by Gasteiger charge is -2.09. The van der Waals surface area contributed by atoms with Crippen LogP contribution in [0.15, 0.2) is 79.0 Å². The topological polar surface area (TPSA) is 52.1 Å². The first-order valence-electron chi connectivity index (χ1n) is 8.74. The Balaban J connectivity index is 1.52. The van der Waals surface area contributed by atoms with Gasteiger partial charge in [0.25, 0.3) is 0 Å². The third-order valence-corrected chi connectivity index (χ3v) is 4.40. The molecule has 0 atom stereocenters. The van der Waals surface area contributed by atoms with E-state index < -0.39 is 0 Å². The van der Waals surface area contributed by atoms with Crippen LogP contribution >= 0.6 is 0 Å². The molecule has 0 spiro atoms. The third kappa shape index (κ3) is 3.70. The Bertz CT molecular complexity index is 1110. The van der Waals surface area contributed by atoms with Gasteiger partial charge < -0.3 is 4.74 Å². The number of pyridine rings is 2. The number of hydrogen-bond donors (Lipinski definition) is 0. The summed E-state index contributed by atoms with van der Waals surface area (Å²) in [6, 6.07) is 23.6. The fraction of sp³-hybridized carbons (Fsp3) is 0.0870. The molecule has 0 bridgehead atoms. The molecule has 0 N–H and O–H groups in total. The van der Waals surface area contributed by atoms with Crippen molar-refractivity contribution >= 4 is 17.0 Å². The largest absolute Gasteiger partial charge is 0.457 e. The van der Waals surface area contributed by atoms with Gasteiger partial charge in [-0.05, 0) is 47.9 Å². The van der Waals surface area contributed by atoms with Crippen molar-refractivity contribution in [3.8, 4) is 11.1 Å². The van der Waals surface area contributed by atoms with Gasteiger partial charge in [-0.2, -0.15) is 0 Å². The number of rotatable bonds is 4. The number of fused-ring (bicyclic) bond motifs is 1. The number of carbonyl (C=O) groups is 1. The van der Waals surface area contributed by atoms with Crippen molar-refractivity contribution in [2.45, 2.75) is 13.5 Å². The van der Waals surface area contributed by atoms with Gasteiger partial charge in [0, 0.05) is 11.6 Å². The number of aromatic nitrogens is 2. The van der Waals surface area contributed by atoms with Gasteiger partial charge >= 0.3 is 5.97 Å². The molecule has 0 radical (unpaired) electrons. The first-order chi connectivity index (χ1) is 13.2. The fourth-order valence-electron chi connectivity index (χ4n) is 3.00. The lowest BCUT2D eigenvalue weighted by molar-refractivity contribution is 0.0471. The van der Waals surface area contributed by atoms with Crippen molar-refractivity contribution in [2.24, 2.45) is 0 Å². The van der Waals surface area contributed by atoms with Gasteiger partial charge in [-0.25, -0.2) is 14.8 Å². The minimum Gasteiger partial charge on any atom is -0.457 e. The predicted octanol–water partition coefficient (Wildman–Crippen LogP) is 4.96. The highest BCUT2D eigenvalue weighted by molar-refractivity contribution is 5.94. The second-order valence-corrected chi connectivity index (χ2v) is 6.31. The van der Waals surface area contributed by atoms with E-state index in [1.165, 1.54) is 0 Å². The van der Waals surface area contributed by atoms with Gasteiger partial charge in [0.1, 0.15) is 6.61 Å². The van der Waals surface area contributed by atoms with E-state index in [0.717, 1.165) is 22.1 Å². The molecule has 0 saturated carbocycles. The normalized spacial score (nSPS) is 10.7. The summed E-state index contributed by atoms with van der Waals surface area (Å²) in [5.41, 5.74) is 4.88. The zero-order valence-corrected chi connectivity index (χ0v) is 14.9. The van der Waals surface area contributed by atoms with E-state index in [-0.39, 0.29) is 12.6 Å². The Morgan fingerprint density at radius 3 is 2.59 bits per heavy atom. The SMILES string of the molecule is Cc1nc2ncccc2cc1C(=O)OCc1cccc(-c2ccccc2)c1. The number of nitrogens with zero attached hydrogens (tertiary/aromatic N) is 2. The molecule has 0 aliphatic heterocycles. The Kier molecular flexibility index (Phi) is 4.62. The molecule has 2 aromatic heterocycles. The van der Waals surface area contributed by atoms with E-state index >= 15 is 0 Å². The van der Waals surface area contributed by atoms with E-state index in [1.54, 1.807) is 19.2 Å². The molecule has 4 heteroatoms. The Labute approximate surface area is 157 Å². The molecule has 0 saturated heterocycles. The van der Waals surface area contributed by atoms with E-state index in [1.807, 2.05) is 54.6 Å². The molecule has 4 aromatic rings. The van der Waals surface area contributed by atoms with Crippen LogP contribution in [0.1, 0.15) is 21.6 Å². The number of esters is 1. The van der Waals surface area contributed by atoms with Crippen LogP contribution in [0.4, 0.5) is 0 Å². The van der Waals surface area contributed by atoms with E-state index in [2.05, 4.69) is 22.1 Å². The Morgan fingerprint density at radius 1 is 0.926 bits per heavy atom. The average Bonchev–Trinajstić information content (AvgIpc) is 2.72. The van der Waals surface area contributed by atoms with E-state index in [4.69, 9.17) is 4.74 Å². The fourth-order valence-corrected chi connectivity index (χ4v) is 3.00. The average molecular weight is 354 g/mol. The van der Waals surface area contributed by atoms with Crippen LogP contribution in [0.5, 0.6) is 0 Å². The van der Waals surface area contributed by atoms with E-state index in [0.29, 0.717) is 16.9 Å². The van der Waals surface area contributed by atoms with Gasteiger partial charge in [0.2, 0.25) is 0 Å². The number of hydrogen-bond acceptors (Lipinski definition) is 4. The Hall–Kier alpha value is -3.53. The summed E-state index contributed by atoms with van der Waals surface area (Å²) >= 11 is 0. The predicted molar refractivity (Wildman–Crippen MR) is 105 cm³/mol. The summed E-state index contributed by atoms with van der Waals surface area (Å²) in [5.74, 6) is -0.379. The second kappa shape index (κ2) is 7.38. The molecule has 4 rings (SSSR count). The van der Waals surface area contributed by atoms with Gasteiger partial charge in [-0.1, -0.05) is 48.5 Å². The smallest absolute Gasteiger partial charge is 0.340 e. The van der Waals surface area contributed by atoms with Crippen molar-refractivity contribution in [3.05, 3.63) is 95.8 Å². The van der Waals surface area contributed by atoms with Crippen LogP contribution in [-0.4, -0.2) is 15.9 Å². The zero-order valence-electron chi connectivity index (χ0n) is 14.9. The maximum absolute atomic E-state index is 12.6. The Morgan fingerprint density at radius 2 is 1.74 bits per heavy atom. The minimum atomic E-state index is -0.379. The number of carbonyl (C=O) groups excluding carboxylic acids is 1. The van der Waals surface area contributed by atoms with Crippen LogP contribution < -0.4 is 0 Å². The van der Waals surface area contributed by atoms with Crippen LogP contribution in [0.2, 0.25) is 0 Å². The van der Waals surface area contributed by atoms with Crippen molar-refractivity contribution in [1.29, 1.82) is 0 Å². The molecule has 27 heavy (non-hydrogen) atoms. The summed E-state index contributed by atoms with van der Waals surface area (Å²) in [5, 5.41) is 0.820. The highest BCUT2D eigenvalue weighted by Gasteiger charge is 2.14. The van der Waals surface area contributed by atoms with Crippen LogP contribution in [0, 0.1) is 6.92 Å².